The number of halogens is 1. The third-order valence-corrected chi connectivity index (χ3v) is 5.82. The molecule has 1 amide bonds. The monoisotopic (exact) mass is 423 g/mol. The van der Waals surface area contributed by atoms with E-state index in [1.807, 2.05) is 41.8 Å². The predicted octanol–water partition coefficient (Wildman–Crippen LogP) is 4.33. The van der Waals surface area contributed by atoms with Gasteiger partial charge in [-0.1, -0.05) is 11.6 Å². The van der Waals surface area contributed by atoms with E-state index in [2.05, 4.69) is 11.2 Å². The van der Waals surface area contributed by atoms with E-state index < -0.39 is 0 Å². The highest BCUT2D eigenvalue weighted by Gasteiger charge is 2.29. The second-order valence-corrected chi connectivity index (χ2v) is 7.73. The zero-order valence-electron chi connectivity index (χ0n) is 16.0. The highest BCUT2D eigenvalue weighted by Crippen LogP contribution is 2.30. The summed E-state index contributed by atoms with van der Waals surface area (Å²) in [7, 11) is 1.92. The number of fused-ring (bicyclic) bond motifs is 1. The van der Waals surface area contributed by atoms with Crippen LogP contribution in [0.25, 0.3) is 10.9 Å². The quantitative estimate of drug-likeness (QED) is 0.574. The largest absolute Gasteiger partial charge is 0.318 e. The van der Waals surface area contributed by atoms with Gasteiger partial charge in [-0.05, 0) is 62.0 Å². The van der Waals surface area contributed by atoms with E-state index in [4.69, 9.17) is 29.1 Å². The number of anilines is 2. The van der Waals surface area contributed by atoms with Gasteiger partial charge in [-0.15, -0.1) is 0 Å². The minimum atomic E-state index is -0.0862. The maximum atomic E-state index is 12.8. The molecule has 6 nitrogen and oxygen atoms in total. The van der Waals surface area contributed by atoms with E-state index in [1.165, 1.54) is 4.90 Å². The van der Waals surface area contributed by atoms with E-state index >= 15 is 0 Å². The second-order valence-electron chi connectivity index (χ2n) is 6.95. The number of amides is 1. The Bertz CT molecular complexity index is 1200. The lowest BCUT2D eigenvalue weighted by molar-refractivity contribution is -0.117. The molecule has 1 saturated heterocycles. The van der Waals surface area contributed by atoms with Crippen molar-refractivity contribution in [1.82, 2.24) is 9.78 Å². The molecular weight excluding hydrogens is 406 g/mol. The molecule has 0 saturated carbocycles. The van der Waals surface area contributed by atoms with Gasteiger partial charge in [0.1, 0.15) is 6.07 Å². The summed E-state index contributed by atoms with van der Waals surface area (Å²) in [6.45, 7) is 2.61. The highest BCUT2D eigenvalue weighted by molar-refractivity contribution is 7.81. The van der Waals surface area contributed by atoms with Crippen molar-refractivity contribution >= 4 is 57.1 Å². The number of carbonyl (C=O) groups is 1. The number of benzene rings is 2. The number of carbonyl (C=O) groups excluding carboxylic acids is 1. The van der Waals surface area contributed by atoms with E-state index in [9.17, 15) is 4.79 Å². The Morgan fingerprint density at radius 3 is 2.69 bits per heavy atom. The van der Waals surface area contributed by atoms with Crippen molar-refractivity contribution in [3.05, 3.63) is 52.7 Å². The molecule has 0 radical (unpaired) electrons. The minimum absolute atomic E-state index is 0.0862. The molecule has 146 valence electrons. The molecule has 1 aliphatic rings. The van der Waals surface area contributed by atoms with Gasteiger partial charge < -0.3 is 4.90 Å². The van der Waals surface area contributed by atoms with Crippen molar-refractivity contribution < 1.29 is 4.79 Å². The first-order valence-corrected chi connectivity index (χ1v) is 9.97. The Balaban J connectivity index is 1.76. The van der Waals surface area contributed by atoms with Crippen LogP contribution in [0.4, 0.5) is 11.4 Å². The van der Waals surface area contributed by atoms with Gasteiger partial charge in [0.15, 0.2) is 5.11 Å². The number of rotatable bonds is 2. The molecule has 4 rings (SSSR count). The molecule has 1 aliphatic heterocycles. The molecule has 8 heteroatoms. The fourth-order valence-electron chi connectivity index (χ4n) is 3.65. The normalized spacial score (nSPS) is 15.0. The van der Waals surface area contributed by atoms with Crippen molar-refractivity contribution in [2.45, 2.75) is 19.8 Å². The van der Waals surface area contributed by atoms with E-state index in [0.29, 0.717) is 40.8 Å². The Labute approximate surface area is 178 Å². The lowest BCUT2D eigenvalue weighted by atomic mass is 10.2. The summed E-state index contributed by atoms with van der Waals surface area (Å²) in [4.78, 5) is 16.3. The van der Waals surface area contributed by atoms with Crippen LogP contribution < -0.4 is 9.80 Å². The predicted molar refractivity (Wildman–Crippen MR) is 118 cm³/mol. The molecule has 1 fully saturated rings. The molecule has 2 heterocycles. The molecular formula is C21H18ClN5OS. The summed E-state index contributed by atoms with van der Waals surface area (Å²) < 4.78 is 1.85. The molecule has 0 aliphatic carbocycles. The number of thiocarbonyl (C=S) groups is 1. The average Bonchev–Trinajstić information content (AvgIpc) is 2.89. The molecule has 2 aromatic carbocycles. The Morgan fingerprint density at radius 1 is 1.21 bits per heavy atom. The fraction of sp³-hybridized carbons (Fsp3) is 0.238. The molecule has 0 unspecified atom stereocenters. The molecule has 3 aromatic rings. The molecule has 1 aromatic heterocycles. The molecule has 0 N–H and O–H groups in total. The van der Waals surface area contributed by atoms with Crippen molar-refractivity contribution in [1.29, 1.82) is 5.26 Å². The third-order valence-electron chi connectivity index (χ3n) is 5.11. The van der Waals surface area contributed by atoms with Crippen LogP contribution in [-0.2, 0) is 11.8 Å². The van der Waals surface area contributed by atoms with Gasteiger partial charge in [0.2, 0.25) is 5.91 Å². The van der Waals surface area contributed by atoms with Gasteiger partial charge in [0.05, 0.1) is 27.5 Å². The van der Waals surface area contributed by atoms with Crippen LogP contribution in [0, 0.1) is 18.3 Å². The first-order valence-electron chi connectivity index (χ1n) is 9.18. The van der Waals surface area contributed by atoms with Crippen LogP contribution in [0.1, 0.15) is 24.1 Å². The number of aryl methyl sites for hydroxylation is 2. The zero-order chi connectivity index (χ0) is 20.7. The first kappa shape index (κ1) is 19.4. The van der Waals surface area contributed by atoms with Crippen LogP contribution in [0.5, 0.6) is 0 Å². The van der Waals surface area contributed by atoms with E-state index in [1.54, 1.807) is 18.2 Å². The van der Waals surface area contributed by atoms with Gasteiger partial charge in [0.25, 0.3) is 0 Å². The topological polar surface area (TPSA) is 65.2 Å². The maximum Gasteiger partial charge on any atom is 0.233 e. The summed E-state index contributed by atoms with van der Waals surface area (Å²) >= 11 is 11.9. The molecule has 0 atom stereocenters. The Hall–Kier alpha value is -2.95. The van der Waals surface area contributed by atoms with E-state index in [-0.39, 0.29) is 5.91 Å². The van der Waals surface area contributed by atoms with Crippen LogP contribution in [0.3, 0.4) is 0 Å². The van der Waals surface area contributed by atoms with Gasteiger partial charge >= 0.3 is 0 Å². The van der Waals surface area contributed by atoms with Crippen LogP contribution in [0.2, 0.25) is 5.02 Å². The average molecular weight is 424 g/mol. The smallest absolute Gasteiger partial charge is 0.233 e. The standard InChI is InChI=1S/C21H18ClN5OS/c1-13-17-10-15(7-8-19(17)25(2)24-13)26-9-3-4-20(28)27(21(26)29)16-6-5-14(12-23)18(22)11-16/h5-8,10-11H,3-4,9H2,1-2H3. The fourth-order valence-corrected chi connectivity index (χ4v) is 4.27. The number of hydrogen-bond donors (Lipinski definition) is 0. The number of hydrogen-bond acceptors (Lipinski definition) is 4. The van der Waals surface area contributed by atoms with Crippen LogP contribution in [0.15, 0.2) is 36.4 Å². The summed E-state index contributed by atoms with van der Waals surface area (Å²) in [5.41, 5.74) is 3.82. The van der Waals surface area contributed by atoms with E-state index in [0.717, 1.165) is 22.3 Å². The lowest BCUT2D eigenvalue weighted by Crippen LogP contribution is -2.44. The summed E-state index contributed by atoms with van der Waals surface area (Å²) in [5.74, 6) is -0.0862. The zero-order valence-corrected chi connectivity index (χ0v) is 17.6. The molecule has 29 heavy (non-hydrogen) atoms. The third kappa shape index (κ3) is 3.35. The van der Waals surface area contributed by atoms with Gasteiger partial charge in [-0.25, -0.2) is 0 Å². The summed E-state index contributed by atoms with van der Waals surface area (Å²) in [5, 5.41) is 15.3. The second kappa shape index (κ2) is 7.47. The van der Waals surface area contributed by atoms with Crippen molar-refractivity contribution in [2.24, 2.45) is 7.05 Å². The first-order chi connectivity index (χ1) is 13.9. The van der Waals surface area contributed by atoms with Gasteiger partial charge in [-0.3, -0.25) is 14.4 Å². The number of nitriles is 1. The number of nitrogens with zero attached hydrogens (tertiary/aromatic N) is 5. The maximum absolute atomic E-state index is 12.8. The van der Waals surface area contributed by atoms with Crippen molar-refractivity contribution in [3.8, 4) is 6.07 Å². The van der Waals surface area contributed by atoms with Gasteiger partial charge in [-0.2, -0.15) is 10.4 Å². The van der Waals surface area contributed by atoms with Crippen LogP contribution in [-0.4, -0.2) is 27.3 Å². The van der Waals surface area contributed by atoms with Crippen molar-refractivity contribution in [3.63, 3.8) is 0 Å². The van der Waals surface area contributed by atoms with Gasteiger partial charge in [0, 0.05) is 31.1 Å². The molecule has 0 spiro atoms. The Kier molecular flexibility index (Phi) is 4.99. The minimum Gasteiger partial charge on any atom is -0.318 e. The van der Waals surface area contributed by atoms with Crippen LogP contribution >= 0.6 is 23.8 Å². The van der Waals surface area contributed by atoms with Crippen molar-refractivity contribution in [2.75, 3.05) is 16.3 Å². The molecule has 0 bridgehead atoms. The summed E-state index contributed by atoms with van der Waals surface area (Å²) in [6, 6.07) is 13.0. The SMILES string of the molecule is Cc1nn(C)c2ccc(N3CCCC(=O)N(c4ccc(C#N)c(Cl)c4)C3=S)cc12. The lowest BCUT2D eigenvalue weighted by Gasteiger charge is -2.30. The Morgan fingerprint density at radius 2 is 1.97 bits per heavy atom. The summed E-state index contributed by atoms with van der Waals surface area (Å²) in [6.07, 6.45) is 1.06. The number of aromatic nitrogens is 2. The highest BCUT2D eigenvalue weighted by atomic mass is 35.5.